The van der Waals surface area contributed by atoms with Crippen molar-refractivity contribution in [3.63, 3.8) is 0 Å². The zero-order valence-electron chi connectivity index (χ0n) is 16.1. The van der Waals surface area contributed by atoms with Gasteiger partial charge < -0.3 is 15.5 Å². The van der Waals surface area contributed by atoms with E-state index < -0.39 is 0 Å². The monoisotopic (exact) mass is 457 g/mol. The molecule has 2 N–H and O–H groups in total. The molecule has 0 aliphatic rings. The largest absolute Gasteiger partial charge is 0.399 e. The lowest BCUT2D eigenvalue weighted by Crippen LogP contribution is -2.03. The third kappa shape index (κ3) is 5.74. The molecule has 0 radical (unpaired) electrons. The van der Waals surface area contributed by atoms with Gasteiger partial charge in [0.1, 0.15) is 18.7 Å². The third-order valence-electron chi connectivity index (χ3n) is 4.01. The quantitative estimate of drug-likeness (QED) is 0.319. The first kappa shape index (κ1) is 20.7. The molecule has 8 heteroatoms. The molecule has 0 amide bonds. The second-order valence-corrected chi connectivity index (χ2v) is 7.05. The Morgan fingerprint density at radius 2 is 1.72 bits per heavy atom. The molecule has 1 aromatic heterocycles. The van der Waals surface area contributed by atoms with Crippen molar-refractivity contribution in [3.8, 4) is 0 Å². The Kier molecular flexibility index (Phi) is 7.13. The van der Waals surface area contributed by atoms with Crippen LogP contribution in [0.1, 0.15) is 25.3 Å². The van der Waals surface area contributed by atoms with Crippen molar-refractivity contribution in [1.29, 1.82) is 0 Å². The standard InChI is InChI=1S/C21H21BrFN5O/c1-3-4-19(28-29-2)14-5-9-17(10-6-14)26-21-24-13-18(22)20(27-21)25-16-11-7-15(23)8-12-16/h5-13H,3-4H2,1-2H3,(H2,24,25,26,27)/b28-19+. The van der Waals surface area contributed by atoms with Crippen molar-refractivity contribution < 1.29 is 9.23 Å². The first-order chi connectivity index (χ1) is 14.1. The third-order valence-corrected chi connectivity index (χ3v) is 4.59. The van der Waals surface area contributed by atoms with Crippen molar-refractivity contribution in [2.75, 3.05) is 17.7 Å². The molecule has 6 nitrogen and oxygen atoms in total. The van der Waals surface area contributed by atoms with Crippen LogP contribution < -0.4 is 10.6 Å². The molecule has 0 atom stereocenters. The number of nitrogens with one attached hydrogen (secondary N) is 2. The van der Waals surface area contributed by atoms with Gasteiger partial charge in [-0.1, -0.05) is 30.6 Å². The highest BCUT2D eigenvalue weighted by atomic mass is 79.9. The maximum Gasteiger partial charge on any atom is 0.229 e. The minimum absolute atomic E-state index is 0.291. The molecule has 3 rings (SSSR count). The number of oxime groups is 1. The first-order valence-corrected chi connectivity index (χ1v) is 9.91. The van der Waals surface area contributed by atoms with Crippen molar-refractivity contribution in [2.24, 2.45) is 5.16 Å². The van der Waals surface area contributed by atoms with E-state index in [2.05, 4.69) is 48.6 Å². The van der Waals surface area contributed by atoms with Gasteiger partial charge in [-0.3, -0.25) is 0 Å². The maximum atomic E-state index is 13.1. The van der Waals surface area contributed by atoms with Gasteiger partial charge in [-0.15, -0.1) is 0 Å². The molecule has 0 bridgehead atoms. The summed E-state index contributed by atoms with van der Waals surface area (Å²) in [7, 11) is 1.55. The van der Waals surface area contributed by atoms with Crippen molar-refractivity contribution in [1.82, 2.24) is 9.97 Å². The highest BCUT2D eigenvalue weighted by Gasteiger charge is 2.08. The molecule has 0 unspecified atom stereocenters. The topological polar surface area (TPSA) is 71.4 Å². The summed E-state index contributed by atoms with van der Waals surface area (Å²) in [5, 5.41) is 10.4. The summed E-state index contributed by atoms with van der Waals surface area (Å²) in [5.74, 6) is 0.717. The van der Waals surface area contributed by atoms with Crippen LogP contribution in [0.25, 0.3) is 0 Å². The zero-order chi connectivity index (χ0) is 20.6. The Labute approximate surface area is 177 Å². The number of halogens is 2. The molecule has 0 saturated carbocycles. The van der Waals surface area contributed by atoms with Crippen LogP contribution in [0.3, 0.4) is 0 Å². The van der Waals surface area contributed by atoms with Crippen molar-refractivity contribution >= 4 is 44.8 Å². The molecule has 0 aliphatic carbocycles. The average molecular weight is 458 g/mol. The number of aromatic nitrogens is 2. The highest BCUT2D eigenvalue weighted by Crippen LogP contribution is 2.25. The lowest BCUT2D eigenvalue weighted by Gasteiger charge is -2.11. The summed E-state index contributed by atoms with van der Waals surface area (Å²) in [6.07, 6.45) is 3.48. The molecule has 0 saturated heterocycles. The van der Waals surface area contributed by atoms with Gasteiger partial charge >= 0.3 is 0 Å². The van der Waals surface area contributed by atoms with Gasteiger partial charge in [0.25, 0.3) is 0 Å². The average Bonchev–Trinajstić information content (AvgIpc) is 2.73. The van der Waals surface area contributed by atoms with E-state index >= 15 is 0 Å². The van der Waals surface area contributed by atoms with Crippen LogP contribution in [-0.2, 0) is 4.84 Å². The van der Waals surface area contributed by atoms with E-state index in [0.717, 1.165) is 35.5 Å². The van der Waals surface area contributed by atoms with Crippen molar-refractivity contribution in [3.05, 3.63) is 70.6 Å². The van der Waals surface area contributed by atoms with E-state index in [1.807, 2.05) is 24.3 Å². The predicted molar refractivity (Wildman–Crippen MR) is 118 cm³/mol. The summed E-state index contributed by atoms with van der Waals surface area (Å²) in [4.78, 5) is 13.7. The van der Waals surface area contributed by atoms with Crippen LogP contribution >= 0.6 is 15.9 Å². The maximum absolute atomic E-state index is 13.1. The summed E-state index contributed by atoms with van der Waals surface area (Å²) in [6.45, 7) is 2.10. The summed E-state index contributed by atoms with van der Waals surface area (Å²) in [5.41, 5.74) is 3.49. The molecular weight excluding hydrogens is 437 g/mol. The van der Waals surface area contributed by atoms with Crippen LogP contribution in [0, 0.1) is 5.82 Å². The van der Waals surface area contributed by atoms with E-state index in [9.17, 15) is 4.39 Å². The predicted octanol–water partition coefficient (Wildman–Crippen LogP) is 6.02. The Morgan fingerprint density at radius 3 is 2.38 bits per heavy atom. The van der Waals surface area contributed by atoms with Crippen LogP contribution in [0.2, 0.25) is 0 Å². The molecule has 3 aromatic rings. The second kappa shape index (κ2) is 9.97. The Balaban J connectivity index is 1.74. The lowest BCUT2D eigenvalue weighted by molar-refractivity contribution is 0.213. The highest BCUT2D eigenvalue weighted by molar-refractivity contribution is 9.10. The molecule has 0 fully saturated rings. The first-order valence-electron chi connectivity index (χ1n) is 9.11. The number of rotatable bonds is 8. The molecular formula is C21H21BrFN5O. The normalized spacial score (nSPS) is 11.2. The van der Waals surface area contributed by atoms with Gasteiger partial charge in [0, 0.05) is 17.6 Å². The fraction of sp³-hybridized carbons (Fsp3) is 0.190. The van der Waals surface area contributed by atoms with Gasteiger partial charge in [0.2, 0.25) is 5.95 Å². The van der Waals surface area contributed by atoms with E-state index in [-0.39, 0.29) is 5.82 Å². The SMILES string of the molecule is CCC/C(=N\OC)c1ccc(Nc2ncc(Br)c(Nc3ccc(F)cc3)n2)cc1. The van der Waals surface area contributed by atoms with Gasteiger partial charge in [-0.05, 0) is 64.3 Å². The van der Waals surface area contributed by atoms with E-state index in [0.29, 0.717) is 16.2 Å². The zero-order valence-corrected chi connectivity index (χ0v) is 17.7. The second-order valence-electron chi connectivity index (χ2n) is 6.19. The van der Waals surface area contributed by atoms with Crippen LogP contribution in [0.4, 0.5) is 27.5 Å². The minimum Gasteiger partial charge on any atom is -0.399 e. The number of hydrogen-bond donors (Lipinski definition) is 2. The van der Waals surface area contributed by atoms with E-state index in [1.54, 1.807) is 25.4 Å². The van der Waals surface area contributed by atoms with Gasteiger partial charge in [-0.25, -0.2) is 9.37 Å². The Bertz CT molecular complexity index is 977. The molecule has 29 heavy (non-hydrogen) atoms. The smallest absolute Gasteiger partial charge is 0.229 e. The summed E-state index contributed by atoms with van der Waals surface area (Å²) < 4.78 is 13.8. The van der Waals surface area contributed by atoms with Crippen LogP contribution in [0.5, 0.6) is 0 Å². The van der Waals surface area contributed by atoms with E-state index in [4.69, 9.17) is 4.84 Å². The lowest BCUT2D eigenvalue weighted by atomic mass is 10.1. The van der Waals surface area contributed by atoms with Gasteiger partial charge in [0.05, 0.1) is 10.2 Å². The fourth-order valence-electron chi connectivity index (χ4n) is 2.65. The van der Waals surface area contributed by atoms with Gasteiger partial charge in [0.15, 0.2) is 0 Å². The molecule has 0 spiro atoms. The summed E-state index contributed by atoms with van der Waals surface area (Å²) >= 11 is 3.43. The number of anilines is 4. The molecule has 2 aromatic carbocycles. The number of benzene rings is 2. The number of hydrogen-bond acceptors (Lipinski definition) is 6. The van der Waals surface area contributed by atoms with Crippen molar-refractivity contribution in [2.45, 2.75) is 19.8 Å². The van der Waals surface area contributed by atoms with Crippen LogP contribution in [0.15, 0.2) is 64.4 Å². The fourth-order valence-corrected chi connectivity index (χ4v) is 2.94. The minimum atomic E-state index is -0.291. The molecule has 1 heterocycles. The van der Waals surface area contributed by atoms with Crippen LogP contribution in [-0.4, -0.2) is 22.8 Å². The molecule has 0 aliphatic heterocycles. The summed E-state index contributed by atoms with van der Waals surface area (Å²) in [6, 6.07) is 13.9. The number of nitrogens with zero attached hydrogens (tertiary/aromatic N) is 3. The Morgan fingerprint density at radius 1 is 1.07 bits per heavy atom. The van der Waals surface area contributed by atoms with Gasteiger partial charge in [-0.2, -0.15) is 4.98 Å². The Hall–Kier alpha value is -3.00. The molecule has 150 valence electrons. The van der Waals surface area contributed by atoms with E-state index in [1.165, 1.54) is 12.1 Å².